The molecule has 1 aliphatic rings. The van der Waals surface area contributed by atoms with Gasteiger partial charge >= 0.3 is 0 Å². The summed E-state index contributed by atoms with van der Waals surface area (Å²) >= 11 is 0. The standard InChI is InChI=1S/C10H10N2O2S/c11-5-6-15(13,14)12-7-9-3-1-2-4-10(9)8-12/h1-4H,6-8H2. The highest BCUT2D eigenvalue weighted by Gasteiger charge is 2.28. The Bertz CT molecular complexity index is 491. The summed E-state index contributed by atoms with van der Waals surface area (Å²) in [6.07, 6.45) is 0. The minimum atomic E-state index is -3.41. The van der Waals surface area contributed by atoms with Crippen molar-refractivity contribution in [1.82, 2.24) is 4.31 Å². The third-order valence-electron chi connectivity index (χ3n) is 2.45. The van der Waals surface area contributed by atoms with Gasteiger partial charge in [-0.2, -0.15) is 9.57 Å². The number of hydrogen-bond acceptors (Lipinski definition) is 3. The summed E-state index contributed by atoms with van der Waals surface area (Å²) in [6, 6.07) is 9.29. The van der Waals surface area contributed by atoms with Crippen LogP contribution in [0, 0.1) is 11.3 Å². The summed E-state index contributed by atoms with van der Waals surface area (Å²) in [5.74, 6) is -0.443. The summed E-state index contributed by atoms with van der Waals surface area (Å²) in [5.41, 5.74) is 2.05. The highest BCUT2D eigenvalue weighted by atomic mass is 32.2. The molecule has 15 heavy (non-hydrogen) atoms. The Morgan fingerprint density at radius 1 is 1.27 bits per heavy atom. The van der Waals surface area contributed by atoms with Crippen molar-refractivity contribution in [2.24, 2.45) is 0 Å². The fraction of sp³-hybridized carbons (Fsp3) is 0.300. The number of nitrogens with zero attached hydrogens (tertiary/aromatic N) is 2. The molecule has 0 atom stereocenters. The quantitative estimate of drug-likeness (QED) is 0.745. The number of rotatable bonds is 2. The van der Waals surface area contributed by atoms with Crippen molar-refractivity contribution in [3.05, 3.63) is 35.4 Å². The lowest BCUT2D eigenvalue weighted by atomic mass is 10.1. The monoisotopic (exact) mass is 222 g/mol. The van der Waals surface area contributed by atoms with Crippen LogP contribution >= 0.6 is 0 Å². The summed E-state index contributed by atoms with van der Waals surface area (Å²) in [4.78, 5) is 0. The van der Waals surface area contributed by atoms with Crippen LogP contribution in [0.15, 0.2) is 24.3 Å². The van der Waals surface area contributed by atoms with Crippen LogP contribution in [0.2, 0.25) is 0 Å². The maximum Gasteiger partial charge on any atom is 0.228 e. The normalized spacial score (nSPS) is 15.9. The predicted octanol–water partition coefficient (Wildman–Crippen LogP) is 0.856. The van der Waals surface area contributed by atoms with Crippen molar-refractivity contribution in [1.29, 1.82) is 5.26 Å². The second kappa shape index (κ2) is 3.65. The molecule has 0 saturated heterocycles. The average Bonchev–Trinajstić information content (AvgIpc) is 2.61. The lowest BCUT2D eigenvalue weighted by Crippen LogP contribution is -2.27. The van der Waals surface area contributed by atoms with Gasteiger partial charge in [-0.3, -0.25) is 0 Å². The van der Waals surface area contributed by atoms with Crippen molar-refractivity contribution in [2.45, 2.75) is 13.1 Å². The van der Waals surface area contributed by atoms with Crippen molar-refractivity contribution in [3.8, 4) is 6.07 Å². The Kier molecular flexibility index (Phi) is 2.47. The van der Waals surface area contributed by atoms with Gasteiger partial charge in [0.25, 0.3) is 0 Å². The molecule has 78 valence electrons. The van der Waals surface area contributed by atoms with E-state index in [2.05, 4.69) is 0 Å². The van der Waals surface area contributed by atoms with Crippen molar-refractivity contribution < 1.29 is 8.42 Å². The van der Waals surface area contributed by atoms with Crippen LogP contribution in [0.1, 0.15) is 11.1 Å². The van der Waals surface area contributed by atoms with Gasteiger partial charge in [0.05, 0.1) is 6.07 Å². The fourth-order valence-corrected chi connectivity index (χ4v) is 2.69. The highest BCUT2D eigenvalue weighted by molar-refractivity contribution is 7.89. The maximum absolute atomic E-state index is 11.6. The average molecular weight is 222 g/mol. The molecule has 0 saturated carbocycles. The zero-order valence-corrected chi connectivity index (χ0v) is 8.87. The van der Waals surface area contributed by atoms with E-state index in [0.717, 1.165) is 11.1 Å². The van der Waals surface area contributed by atoms with Gasteiger partial charge in [-0.25, -0.2) is 8.42 Å². The molecule has 0 spiro atoms. The minimum absolute atomic E-state index is 0.389. The number of fused-ring (bicyclic) bond motifs is 1. The zero-order valence-electron chi connectivity index (χ0n) is 8.05. The Balaban J connectivity index is 2.25. The summed E-state index contributed by atoms with van der Waals surface area (Å²) in [6.45, 7) is 0.778. The van der Waals surface area contributed by atoms with Crippen LogP contribution in [0.3, 0.4) is 0 Å². The Hall–Kier alpha value is -1.38. The van der Waals surface area contributed by atoms with Crippen molar-refractivity contribution in [3.63, 3.8) is 0 Å². The molecule has 0 N–H and O–H groups in total. The first-order chi connectivity index (χ1) is 7.13. The smallest absolute Gasteiger partial charge is 0.211 e. The van der Waals surface area contributed by atoms with E-state index in [1.54, 1.807) is 6.07 Å². The fourth-order valence-electron chi connectivity index (χ4n) is 1.67. The second-order valence-electron chi connectivity index (χ2n) is 3.45. The van der Waals surface area contributed by atoms with E-state index in [1.165, 1.54) is 4.31 Å². The van der Waals surface area contributed by atoms with Gasteiger partial charge in [-0.15, -0.1) is 0 Å². The molecule has 0 radical (unpaired) electrons. The van der Waals surface area contributed by atoms with E-state index >= 15 is 0 Å². The maximum atomic E-state index is 11.6. The summed E-state index contributed by atoms with van der Waals surface area (Å²) in [5, 5.41) is 8.42. The molecule has 2 rings (SSSR count). The van der Waals surface area contributed by atoms with Crippen LogP contribution in [0.4, 0.5) is 0 Å². The first kappa shape index (κ1) is 10.1. The van der Waals surface area contributed by atoms with Gasteiger partial charge in [0.15, 0.2) is 5.75 Å². The van der Waals surface area contributed by atoms with Gasteiger partial charge in [0, 0.05) is 13.1 Å². The van der Waals surface area contributed by atoms with Crippen LogP contribution in [0.5, 0.6) is 0 Å². The molecule has 0 amide bonds. The molecule has 1 heterocycles. The molecule has 5 heteroatoms. The SMILES string of the molecule is N#CCS(=O)(=O)N1Cc2ccccc2C1. The molecule has 1 aromatic rings. The third kappa shape index (κ3) is 1.87. The van der Waals surface area contributed by atoms with Gasteiger partial charge in [0.1, 0.15) is 0 Å². The number of nitriles is 1. The van der Waals surface area contributed by atoms with Crippen LogP contribution in [-0.4, -0.2) is 18.5 Å². The van der Waals surface area contributed by atoms with Crippen LogP contribution in [-0.2, 0) is 23.1 Å². The summed E-state index contributed by atoms with van der Waals surface area (Å²) in [7, 11) is -3.41. The van der Waals surface area contributed by atoms with Gasteiger partial charge < -0.3 is 0 Å². The Morgan fingerprint density at radius 3 is 2.27 bits per heavy atom. The van der Waals surface area contributed by atoms with E-state index in [-0.39, 0.29) is 0 Å². The molecular weight excluding hydrogens is 212 g/mol. The summed E-state index contributed by atoms with van der Waals surface area (Å²) < 4.78 is 24.6. The van der Waals surface area contributed by atoms with E-state index in [1.807, 2.05) is 24.3 Å². The molecule has 0 fully saturated rings. The third-order valence-corrected chi connectivity index (χ3v) is 3.99. The van der Waals surface area contributed by atoms with E-state index in [9.17, 15) is 8.42 Å². The first-order valence-electron chi connectivity index (χ1n) is 4.55. The molecule has 1 aliphatic heterocycles. The number of hydrogen-bond donors (Lipinski definition) is 0. The lowest BCUT2D eigenvalue weighted by Gasteiger charge is -2.12. The highest BCUT2D eigenvalue weighted by Crippen LogP contribution is 2.24. The molecule has 0 unspecified atom stereocenters. The second-order valence-corrected chi connectivity index (χ2v) is 5.42. The predicted molar refractivity (Wildman–Crippen MR) is 55.1 cm³/mol. The first-order valence-corrected chi connectivity index (χ1v) is 6.16. The van der Waals surface area contributed by atoms with Gasteiger partial charge in [-0.1, -0.05) is 24.3 Å². The molecular formula is C10H10N2O2S. The van der Waals surface area contributed by atoms with Crippen LogP contribution < -0.4 is 0 Å². The number of sulfonamides is 1. The van der Waals surface area contributed by atoms with E-state index in [4.69, 9.17) is 5.26 Å². The largest absolute Gasteiger partial charge is 0.228 e. The van der Waals surface area contributed by atoms with Crippen molar-refractivity contribution >= 4 is 10.0 Å². The lowest BCUT2D eigenvalue weighted by molar-refractivity contribution is 0.434. The Morgan fingerprint density at radius 2 is 1.80 bits per heavy atom. The number of benzene rings is 1. The molecule has 1 aromatic carbocycles. The van der Waals surface area contributed by atoms with Crippen LogP contribution in [0.25, 0.3) is 0 Å². The molecule has 0 bridgehead atoms. The molecule has 0 aromatic heterocycles. The van der Waals surface area contributed by atoms with Gasteiger partial charge in [0.2, 0.25) is 10.0 Å². The van der Waals surface area contributed by atoms with E-state index in [0.29, 0.717) is 13.1 Å². The topological polar surface area (TPSA) is 61.2 Å². The van der Waals surface area contributed by atoms with Crippen molar-refractivity contribution in [2.75, 3.05) is 5.75 Å². The molecule has 0 aliphatic carbocycles. The minimum Gasteiger partial charge on any atom is -0.211 e. The zero-order chi connectivity index (χ0) is 10.9. The Labute approximate surface area is 88.8 Å². The van der Waals surface area contributed by atoms with E-state index < -0.39 is 15.8 Å². The van der Waals surface area contributed by atoms with Gasteiger partial charge in [-0.05, 0) is 11.1 Å². The molecule has 4 nitrogen and oxygen atoms in total.